The maximum atomic E-state index is 10.7. The van der Waals surface area contributed by atoms with E-state index < -0.39 is 5.97 Å². The molecule has 0 unspecified atom stereocenters. The molecule has 19 heavy (non-hydrogen) atoms. The molecule has 0 aliphatic rings. The third-order valence-electron chi connectivity index (χ3n) is 2.28. The summed E-state index contributed by atoms with van der Waals surface area (Å²) in [5, 5.41) is 8.80. The molecule has 2 aromatic heterocycles. The van der Waals surface area contributed by atoms with Gasteiger partial charge >= 0.3 is 5.97 Å². The molecule has 0 radical (unpaired) electrons. The average molecular weight is 315 g/mol. The maximum absolute atomic E-state index is 10.7. The van der Waals surface area contributed by atoms with E-state index in [4.69, 9.17) is 5.11 Å². The highest BCUT2D eigenvalue weighted by Crippen LogP contribution is 2.34. The first kappa shape index (κ1) is 14.4. The normalized spacial score (nSPS) is 10.8. The van der Waals surface area contributed by atoms with Crippen molar-refractivity contribution in [3.8, 4) is 0 Å². The summed E-state index contributed by atoms with van der Waals surface area (Å²) in [5.41, 5.74) is 0.785. The molecule has 0 atom stereocenters. The molecule has 0 aromatic carbocycles. The van der Waals surface area contributed by atoms with E-state index in [2.05, 4.69) is 21.3 Å². The van der Waals surface area contributed by atoms with Crippen molar-refractivity contribution in [2.75, 3.05) is 0 Å². The summed E-state index contributed by atoms with van der Waals surface area (Å²) in [5.74, 6) is 0.0403. The second kappa shape index (κ2) is 6.44. The van der Waals surface area contributed by atoms with Crippen molar-refractivity contribution >= 4 is 40.6 Å². The van der Waals surface area contributed by atoms with E-state index in [0.29, 0.717) is 0 Å². The van der Waals surface area contributed by atoms with E-state index in [0.717, 1.165) is 37.9 Å². The topological polar surface area (TPSA) is 76.0 Å². The Morgan fingerprint density at radius 2 is 2.16 bits per heavy atom. The smallest absolute Gasteiger partial charge is 0.308 e. The van der Waals surface area contributed by atoms with Gasteiger partial charge in [0, 0.05) is 11.3 Å². The third-order valence-corrected chi connectivity index (χ3v) is 5.29. The first-order chi connectivity index (χ1) is 9.08. The highest BCUT2D eigenvalue weighted by Gasteiger charge is 2.13. The first-order valence-electron chi connectivity index (χ1n) is 5.77. The van der Waals surface area contributed by atoms with Crippen LogP contribution in [0.2, 0.25) is 0 Å². The van der Waals surface area contributed by atoms with Gasteiger partial charge in [0.25, 0.3) is 0 Å². The van der Waals surface area contributed by atoms with Crippen molar-refractivity contribution in [2.24, 2.45) is 0 Å². The van der Waals surface area contributed by atoms with Gasteiger partial charge in [-0.1, -0.05) is 6.92 Å². The van der Waals surface area contributed by atoms with Crippen molar-refractivity contribution in [1.29, 1.82) is 0 Å². The summed E-state index contributed by atoms with van der Waals surface area (Å²) < 4.78 is 5.96. The number of carbonyl (C=O) groups is 1. The van der Waals surface area contributed by atoms with Gasteiger partial charge in [-0.15, -0.1) is 11.3 Å². The van der Waals surface area contributed by atoms with E-state index in [1.165, 1.54) is 34.6 Å². The Labute approximate surface area is 123 Å². The number of hydrogen-bond donors (Lipinski definition) is 1. The van der Waals surface area contributed by atoms with Crippen molar-refractivity contribution < 1.29 is 9.90 Å². The predicted octanol–water partition coefficient (Wildman–Crippen LogP) is 3.03. The number of thiazole rings is 1. The standard InChI is InChI=1S/C11H13N3O2S3/c1-3-4-8-13-11(19-14-8)18-10-12-6(2)7(17-10)5-9(15)16/h3-5H2,1-2H3,(H,15,16). The van der Waals surface area contributed by atoms with Crippen LogP contribution >= 0.6 is 34.6 Å². The van der Waals surface area contributed by atoms with Gasteiger partial charge in [0.05, 0.1) is 12.1 Å². The SMILES string of the molecule is CCCc1nsc(Sc2nc(C)c(CC(=O)O)s2)n1. The Morgan fingerprint density at radius 3 is 2.84 bits per heavy atom. The zero-order valence-corrected chi connectivity index (χ0v) is 13.0. The van der Waals surface area contributed by atoms with Gasteiger partial charge in [0.1, 0.15) is 5.82 Å². The van der Waals surface area contributed by atoms with E-state index in [-0.39, 0.29) is 6.42 Å². The quantitative estimate of drug-likeness (QED) is 0.883. The number of carboxylic acid groups (broad SMARTS) is 1. The van der Waals surface area contributed by atoms with Crippen LogP contribution in [0, 0.1) is 6.92 Å². The van der Waals surface area contributed by atoms with Crippen LogP contribution in [0.4, 0.5) is 0 Å². The van der Waals surface area contributed by atoms with Crippen LogP contribution in [0.1, 0.15) is 29.7 Å². The van der Waals surface area contributed by atoms with E-state index in [9.17, 15) is 4.79 Å². The Bertz CT molecular complexity index is 580. The highest BCUT2D eigenvalue weighted by atomic mass is 32.2. The average Bonchev–Trinajstić information content (AvgIpc) is 2.88. The minimum absolute atomic E-state index is 0.0290. The molecule has 0 spiro atoms. The second-order valence-corrected chi connectivity index (χ2v) is 7.22. The van der Waals surface area contributed by atoms with Crippen LogP contribution in [-0.2, 0) is 17.6 Å². The van der Waals surface area contributed by atoms with Crippen molar-refractivity contribution in [3.63, 3.8) is 0 Å². The molecule has 1 N–H and O–H groups in total. The van der Waals surface area contributed by atoms with Gasteiger partial charge in [0.2, 0.25) is 0 Å². The summed E-state index contributed by atoms with van der Waals surface area (Å²) >= 11 is 4.24. The predicted molar refractivity (Wildman–Crippen MR) is 76.2 cm³/mol. The molecule has 0 fully saturated rings. The Kier molecular flexibility index (Phi) is 4.89. The third kappa shape index (κ3) is 3.99. The minimum atomic E-state index is -0.829. The van der Waals surface area contributed by atoms with E-state index in [1.54, 1.807) is 0 Å². The van der Waals surface area contributed by atoms with Gasteiger partial charge in [-0.3, -0.25) is 4.79 Å². The molecule has 2 rings (SSSR count). The molecule has 8 heteroatoms. The van der Waals surface area contributed by atoms with Crippen LogP contribution in [0.25, 0.3) is 0 Å². The zero-order chi connectivity index (χ0) is 13.8. The van der Waals surface area contributed by atoms with E-state index >= 15 is 0 Å². The fraction of sp³-hybridized carbons (Fsp3) is 0.455. The summed E-state index contributed by atoms with van der Waals surface area (Å²) in [6, 6.07) is 0. The fourth-order valence-corrected chi connectivity index (χ4v) is 4.51. The van der Waals surface area contributed by atoms with Crippen LogP contribution in [0.3, 0.4) is 0 Å². The van der Waals surface area contributed by atoms with Crippen LogP contribution in [-0.4, -0.2) is 25.4 Å². The summed E-state index contributed by atoms with van der Waals surface area (Å²) in [6.45, 7) is 3.93. The number of aryl methyl sites for hydroxylation is 2. The van der Waals surface area contributed by atoms with Crippen molar-refractivity contribution in [2.45, 2.75) is 41.8 Å². The van der Waals surface area contributed by atoms with Crippen LogP contribution in [0.5, 0.6) is 0 Å². The molecule has 0 saturated heterocycles. The Morgan fingerprint density at radius 1 is 1.37 bits per heavy atom. The molecule has 2 heterocycles. The molecule has 102 valence electrons. The summed E-state index contributed by atoms with van der Waals surface area (Å²) in [6.07, 6.45) is 1.94. The monoisotopic (exact) mass is 315 g/mol. The molecular formula is C11H13N3O2S3. The molecule has 5 nitrogen and oxygen atoms in total. The number of rotatable bonds is 6. The van der Waals surface area contributed by atoms with Crippen molar-refractivity contribution in [1.82, 2.24) is 14.3 Å². The largest absolute Gasteiger partial charge is 0.481 e. The molecule has 0 aliphatic heterocycles. The molecular weight excluding hydrogens is 302 g/mol. The summed E-state index contributed by atoms with van der Waals surface area (Å²) in [4.78, 5) is 20.3. The van der Waals surface area contributed by atoms with Crippen LogP contribution < -0.4 is 0 Å². The van der Waals surface area contributed by atoms with Crippen molar-refractivity contribution in [3.05, 3.63) is 16.4 Å². The lowest BCUT2D eigenvalue weighted by molar-refractivity contribution is -0.136. The maximum Gasteiger partial charge on any atom is 0.308 e. The van der Waals surface area contributed by atoms with Gasteiger partial charge in [-0.2, -0.15) is 4.37 Å². The van der Waals surface area contributed by atoms with Gasteiger partial charge in [-0.25, -0.2) is 9.97 Å². The number of aliphatic carboxylic acids is 1. The van der Waals surface area contributed by atoms with Crippen LogP contribution in [0.15, 0.2) is 8.68 Å². The Hall–Kier alpha value is -0.990. The molecule has 0 bridgehead atoms. The fourth-order valence-electron chi connectivity index (χ4n) is 1.43. The lowest BCUT2D eigenvalue weighted by Crippen LogP contribution is -1.99. The first-order valence-corrected chi connectivity index (χ1v) is 8.17. The van der Waals surface area contributed by atoms with Gasteiger partial charge in [-0.05, 0) is 36.6 Å². The molecule has 0 aliphatic carbocycles. The highest BCUT2D eigenvalue weighted by molar-refractivity contribution is 8.02. The number of aromatic nitrogens is 3. The number of carboxylic acids is 1. The Balaban J connectivity index is 2.07. The lowest BCUT2D eigenvalue weighted by atomic mass is 10.3. The van der Waals surface area contributed by atoms with Gasteiger partial charge < -0.3 is 5.11 Å². The molecule has 0 amide bonds. The zero-order valence-electron chi connectivity index (χ0n) is 10.5. The minimum Gasteiger partial charge on any atom is -0.481 e. The number of nitrogens with zero attached hydrogens (tertiary/aromatic N) is 3. The molecule has 2 aromatic rings. The lowest BCUT2D eigenvalue weighted by Gasteiger charge is -1.90. The summed E-state index contributed by atoms with van der Waals surface area (Å²) in [7, 11) is 0. The molecule has 0 saturated carbocycles. The second-order valence-electron chi connectivity index (χ2n) is 3.89. The van der Waals surface area contributed by atoms with E-state index in [1.807, 2.05) is 6.92 Å². The van der Waals surface area contributed by atoms with Gasteiger partial charge in [0.15, 0.2) is 8.68 Å². The number of hydrogen-bond acceptors (Lipinski definition) is 7.